The third kappa shape index (κ3) is 2.26. The third-order valence-corrected chi connectivity index (χ3v) is 4.35. The molecule has 6 nitrogen and oxygen atoms in total. The molecule has 1 aliphatic heterocycles. The molecule has 2 N–H and O–H groups in total. The van der Waals surface area contributed by atoms with E-state index in [1.54, 1.807) is 10.9 Å². The topological polar surface area (TPSA) is 72.9 Å². The van der Waals surface area contributed by atoms with Gasteiger partial charge in [-0.2, -0.15) is 15.1 Å². The molecule has 2 aromatic heterocycles. The molecular weight excluding hydrogens is 320 g/mol. The van der Waals surface area contributed by atoms with Crippen molar-refractivity contribution in [1.29, 1.82) is 0 Å². The number of rotatable bonds is 2. The van der Waals surface area contributed by atoms with Gasteiger partial charge in [0.1, 0.15) is 10.3 Å². The molecule has 0 spiro atoms. The summed E-state index contributed by atoms with van der Waals surface area (Å²) < 4.78 is 2.42. The van der Waals surface area contributed by atoms with Crippen molar-refractivity contribution in [3.8, 4) is 5.95 Å². The molecule has 7 heteroatoms. The van der Waals surface area contributed by atoms with Gasteiger partial charge in [0.15, 0.2) is 5.82 Å². The van der Waals surface area contributed by atoms with Crippen molar-refractivity contribution in [1.82, 2.24) is 19.7 Å². The van der Waals surface area contributed by atoms with E-state index in [2.05, 4.69) is 42.8 Å². The first-order valence-electron chi connectivity index (χ1n) is 6.67. The SMILES string of the molecule is Cc1cnn(-c2nc(N)c(Br)c(N3CCC[C@H]3C)n2)c1. The van der Waals surface area contributed by atoms with Gasteiger partial charge in [-0.3, -0.25) is 0 Å². The smallest absolute Gasteiger partial charge is 0.254 e. The van der Waals surface area contributed by atoms with E-state index in [0.29, 0.717) is 17.8 Å². The highest BCUT2D eigenvalue weighted by atomic mass is 79.9. The molecule has 3 rings (SSSR count). The molecular formula is C13H17BrN6. The first-order valence-corrected chi connectivity index (χ1v) is 7.47. The third-order valence-electron chi connectivity index (χ3n) is 3.59. The van der Waals surface area contributed by atoms with Crippen LogP contribution in [0.25, 0.3) is 5.95 Å². The van der Waals surface area contributed by atoms with Crippen molar-refractivity contribution in [2.45, 2.75) is 32.7 Å². The van der Waals surface area contributed by atoms with E-state index in [1.165, 1.54) is 12.8 Å². The maximum absolute atomic E-state index is 6.01. The van der Waals surface area contributed by atoms with Crippen molar-refractivity contribution in [3.63, 3.8) is 0 Å². The fourth-order valence-corrected chi connectivity index (χ4v) is 2.91. The fourth-order valence-electron chi connectivity index (χ4n) is 2.50. The highest BCUT2D eigenvalue weighted by molar-refractivity contribution is 9.10. The molecule has 1 fully saturated rings. The summed E-state index contributed by atoms with van der Waals surface area (Å²) >= 11 is 3.51. The normalized spacial score (nSPS) is 18.8. The van der Waals surface area contributed by atoms with Gasteiger partial charge in [-0.1, -0.05) is 0 Å². The van der Waals surface area contributed by atoms with Crippen LogP contribution in [0.2, 0.25) is 0 Å². The van der Waals surface area contributed by atoms with Crippen LogP contribution >= 0.6 is 15.9 Å². The Morgan fingerprint density at radius 2 is 2.20 bits per heavy atom. The molecule has 0 saturated carbocycles. The maximum Gasteiger partial charge on any atom is 0.254 e. The Bertz CT molecular complexity index is 638. The van der Waals surface area contributed by atoms with Gasteiger partial charge in [0.2, 0.25) is 0 Å². The lowest BCUT2D eigenvalue weighted by atomic mass is 10.2. The second-order valence-electron chi connectivity index (χ2n) is 5.19. The monoisotopic (exact) mass is 336 g/mol. The largest absolute Gasteiger partial charge is 0.383 e. The Morgan fingerprint density at radius 1 is 1.40 bits per heavy atom. The zero-order chi connectivity index (χ0) is 14.3. The second-order valence-corrected chi connectivity index (χ2v) is 5.99. The lowest BCUT2D eigenvalue weighted by Gasteiger charge is -2.24. The highest BCUT2D eigenvalue weighted by Gasteiger charge is 2.25. The molecule has 0 radical (unpaired) electrons. The van der Waals surface area contributed by atoms with Crippen LogP contribution in [0.1, 0.15) is 25.3 Å². The summed E-state index contributed by atoms with van der Waals surface area (Å²) in [4.78, 5) is 11.2. The molecule has 0 aliphatic carbocycles. The molecule has 0 unspecified atom stereocenters. The highest BCUT2D eigenvalue weighted by Crippen LogP contribution is 2.33. The Labute approximate surface area is 126 Å². The molecule has 0 aromatic carbocycles. The quantitative estimate of drug-likeness (QED) is 0.910. The lowest BCUT2D eigenvalue weighted by Crippen LogP contribution is -2.28. The molecule has 0 bridgehead atoms. The molecule has 106 valence electrons. The van der Waals surface area contributed by atoms with E-state index in [-0.39, 0.29) is 0 Å². The van der Waals surface area contributed by atoms with Gasteiger partial charge in [-0.15, -0.1) is 0 Å². The van der Waals surface area contributed by atoms with Gasteiger partial charge < -0.3 is 10.6 Å². The molecule has 0 amide bonds. The number of nitrogen functional groups attached to an aromatic ring is 1. The summed E-state index contributed by atoms with van der Waals surface area (Å²) in [5.41, 5.74) is 7.07. The maximum atomic E-state index is 6.01. The van der Waals surface area contributed by atoms with Crippen molar-refractivity contribution in [2.75, 3.05) is 17.2 Å². The average Bonchev–Trinajstić information content (AvgIpc) is 3.01. The van der Waals surface area contributed by atoms with Crippen LogP contribution in [0.4, 0.5) is 11.6 Å². The van der Waals surface area contributed by atoms with E-state index in [4.69, 9.17) is 5.73 Å². The van der Waals surface area contributed by atoms with Crippen LogP contribution in [0.3, 0.4) is 0 Å². The van der Waals surface area contributed by atoms with Gasteiger partial charge in [-0.05, 0) is 48.2 Å². The van der Waals surface area contributed by atoms with Crippen molar-refractivity contribution >= 4 is 27.6 Å². The minimum absolute atomic E-state index is 0.442. The Kier molecular flexibility index (Phi) is 3.37. The molecule has 1 saturated heterocycles. The predicted octanol–water partition coefficient (Wildman–Crippen LogP) is 2.30. The van der Waals surface area contributed by atoms with Crippen molar-refractivity contribution in [2.24, 2.45) is 0 Å². The summed E-state index contributed by atoms with van der Waals surface area (Å²) in [6.45, 7) is 5.18. The average molecular weight is 337 g/mol. The number of aryl methyl sites for hydroxylation is 1. The Hall–Kier alpha value is -1.63. The molecule has 1 aliphatic rings. The summed E-state index contributed by atoms with van der Waals surface area (Å²) in [7, 11) is 0. The van der Waals surface area contributed by atoms with Crippen LogP contribution in [-0.2, 0) is 0 Å². The van der Waals surface area contributed by atoms with Crippen LogP contribution in [0.5, 0.6) is 0 Å². The summed E-state index contributed by atoms with van der Waals surface area (Å²) in [5.74, 6) is 1.80. The first-order chi connectivity index (χ1) is 9.56. The molecule has 20 heavy (non-hydrogen) atoms. The zero-order valence-corrected chi connectivity index (χ0v) is 13.1. The van der Waals surface area contributed by atoms with E-state index in [9.17, 15) is 0 Å². The standard InChI is InChI=1S/C13H17BrN6/c1-8-6-16-20(7-8)13-17-11(15)10(14)12(18-13)19-5-3-4-9(19)2/h6-7,9H,3-5H2,1-2H3,(H2,15,17,18)/t9-/m1/s1. The van der Waals surface area contributed by atoms with Gasteiger partial charge >= 0.3 is 0 Å². The van der Waals surface area contributed by atoms with Crippen LogP contribution in [-0.4, -0.2) is 32.3 Å². The van der Waals surface area contributed by atoms with Gasteiger partial charge in [0, 0.05) is 18.8 Å². The number of hydrogen-bond donors (Lipinski definition) is 1. The minimum Gasteiger partial charge on any atom is -0.383 e. The summed E-state index contributed by atoms with van der Waals surface area (Å²) in [6, 6.07) is 0.466. The van der Waals surface area contributed by atoms with Gasteiger partial charge in [0.05, 0.1) is 6.20 Å². The molecule has 1 atom stereocenters. The Morgan fingerprint density at radius 3 is 2.80 bits per heavy atom. The second kappa shape index (κ2) is 5.05. The van der Waals surface area contributed by atoms with Crippen molar-refractivity contribution < 1.29 is 0 Å². The number of aromatic nitrogens is 4. The lowest BCUT2D eigenvalue weighted by molar-refractivity contribution is 0.717. The predicted molar refractivity (Wildman–Crippen MR) is 82.0 cm³/mol. The van der Waals surface area contributed by atoms with E-state index < -0.39 is 0 Å². The zero-order valence-electron chi connectivity index (χ0n) is 11.5. The minimum atomic E-state index is 0.442. The fraction of sp³-hybridized carbons (Fsp3) is 0.462. The van der Waals surface area contributed by atoms with E-state index in [0.717, 1.165) is 22.4 Å². The molecule has 3 heterocycles. The van der Waals surface area contributed by atoms with Gasteiger partial charge in [-0.25, -0.2) is 4.68 Å². The summed E-state index contributed by atoms with van der Waals surface area (Å²) in [5, 5.41) is 4.25. The Balaban J connectivity index is 2.08. The van der Waals surface area contributed by atoms with Crippen LogP contribution in [0, 0.1) is 6.92 Å². The number of nitrogens with zero attached hydrogens (tertiary/aromatic N) is 5. The van der Waals surface area contributed by atoms with E-state index in [1.807, 2.05) is 13.1 Å². The van der Waals surface area contributed by atoms with Gasteiger partial charge in [0.25, 0.3) is 5.95 Å². The molecule has 2 aromatic rings. The first kappa shape index (κ1) is 13.4. The number of halogens is 1. The van der Waals surface area contributed by atoms with Crippen molar-refractivity contribution in [3.05, 3.63) is 22.4 Å². The summed E-state index contributed by atoms with van der Waals surface area (Å²) in [6.07, 6.45) is 6.01. The number of hydrogen-bond acceptors (Lipinski definition) is 5. The van der Waals surface area contributed by atoms with Crippen LogP contribution in [0.15, 0.2) is 16.9 Å². The number of nitrogens with two attached hydrogens (primary N) is 1. The van der Waals surface area contributed by atoms with Crippen LogP contribution < -0.4 is 10.6 Å². The van der Waals surface area contributed by atoms with E-state index >= 15 is 0 Å². The number of anilines is 2.